The van der Waals surface area contributed by atoms with E-state index in [0.29, 0.717) is 24.1 Å². The van der Waals surface area contributed by atoms with E-state index in [1.54, 1.807) is 0 Å². The van der Waals surface area contributed by atoms with Crippen LogP contribution in [-0.4, -0.2) is 75.6 Å². The lowest BCUT2D eigenvalue weighted by Crippen LogP contribution is -2.37. The second-order valence-corrected chi connectivity index (χ2v) is 22.5. The quantitative estimate of drug-likeness (QED) is 0.0281. The van der Waals surface area contributed by atoms with Crippen LogP contribution in [0.15, 0.2) is 0 Å². The van der Waals surface area contributed by atoms with Crippen molar-refractivity contribution in [3.05, 3.63) is 0 Å². The first-order chi connectivity index (χ1) is 31.6. The van der Waals surface area contributed by atoms with Crippen molar-refractivity contribution >= 4 is 13.8 Å². The second kappa shape index (κ2) is 49.9. The molecule has 0 bridgehead atoms. The minimum Gasteiger partial charge on any atom is -0.457 e. The molecule has 0 saturated heterocycles. The van der Waals surface area contributed by atoms with Gasteiger partial charge in [-0.25, -0.2) is 4.57 Å². The minimum absolute atomic E-state index is 0.0944. The van der Waals surface area contributed by atoms with Gasteiger partial charge in [0.05, 0.1) is 34.4 Å². The molecule has 65 heavy (non-hydrogen) atoms. The maximum atomic E-state index is 12.8. The topological polar surface area (TPSA) is 91.3 Å². The Labute approximate surface area is 406 Å². The molecule has 0 heterocycles. The molecular weight excluding hydrogens is 830 g/mol. The van der Waals surface area contributed by atoms with Crippen molar-refractivity contribution in [1.82, 2.24) is 0 Å². The normalized spacial score (nSPS) is 13.4. The molecule has 0 aliphatic heterocycles. The fourth-order valence-corrected chi connectivity index (χ4v) is 9.48. The molecule has 1 N–H and O–H groups in total. The smallest absolute Gasteiger partial charge is 0.457 e. The van der Waals surface area contributed by atoms with E-state index in [0.717, 1.165) is 32.1 Å². The molecule has 2 atom stereocenters. The zero-order valence-electron chi connectivity index (χ0n) is 44.5. The predicted octanol–water partition coefficient (Wildman–Crippen LogP) is 18.0. The molecule has 0 rings (SSSR count). The number of unbranched alkanes of at least 4 members (excludes halogenated alkanes) is 41. The zero-order chi connectivity index (χ0) is 47.6. The summed E-state index contributed by atoms with van der Waals surface area (Å²) in [5.41, 5.74) is 0. The second-order valence-electron chi connectivity index (χ2n) is 21.0. The molecule has 0 aromatic carbocycles. The van der Waals surface area contributed by atoms with Crippen molar-refractivity contribution in [2.75, 3.05) is 54.1 Å². The lowest BCUT2D eigenvalue weighted by Gasteiger charge is -2.24. The van der Waals surface area contributed by atoms with Gasteiger partial charge in [-0.1, -0.05) is 277 Å². The summed E-state index contributed by atoms with van der Waals surface area (Å²) in [6.07, 6.45) is 57.4. The van der Waals surface area contributed by atoms with Gasteiger partial charge in [0, 0.05) is 13.0 Å². The molecule has 0 aromatic heterocycles. The SMILES string of the molecule is CCCCCCCCCCCCCCCCCCCCCCCCCCCC(=O)OC(COCCCCCCCCCCCCCCCCCCCC)COP(=O)(O)OCC[N+](C)(C)C. The first-order valence-corrected chi connectivity index (χ1v) is 30.3. The maximum absolute atomic E-state index is 12.8. The first-order valence-electron chi connectivity index (χ1n) is 28.8. The molecule has 0 spiro atoms. The monoisotopic (exact) mass is 945 g/mol. The Balaban J connectivity index is 3.99. The first kappa shape index (κ1) is 64.5. The highest BCUT2D eigenvalue weighted by atomic mass is 31.2. The van der Waals surface area contributed by atoms with Crippen molar-refractivity contribution in [3.8, 4) is 0 Å². The fraction of sp³-hybridized carbons (Fsp3) is 0.982. The predicted molar refractivity (Wildman–Crippen MR) is 280 cm³/mol. The van der Waals surface area contributed by atoms with E-state index >= 15 is 0 Å². The van der Waals surface area contributed by atoms with Crippen LogP contribution in [0, 0.1) is 0 Å². The fourth-order valence-electron chi connectivity index (χ4n) is 8.73. The van der Waals surface area contributed by atoms with Crippen LogP contribution in [0.4, 0.5) is 0 Å². The van der Waals surface area contributed by atoms with Crippen LogP contribution in [0.2, 0.25) is 0 Å². The van der Waals surface area contributed by atoms with E-state index in [-0.39, 0.29) is 25.8 Å². The third kappa shape index (κ3) is 54.3. The van der Waals surface area contributed by atoms with Gasteiger partial charge in [-0.3, -0.25) is 13.8 Å². The van der Waals surface area contributed by atoms with Gasteiger partial charge in [0.15, 0.2) is 0 Å². The van der Waals surface area contributed by atoms with Gasteiger partial charge in [0.25, 0.3) is 0 Å². The summed E-state index contributed by atoms with van der Waals surface area (Å²) in [6.45, 7) is 5.72. The number of likely N-dealkylation sites (N-methyl/N-ethyl adjacent to an activating group) is 1. The number of esters is 1. The van der Waals surface area contributed by atoms with Crippen molar-refractivity contribution in [2.24, 2.45) is 0 Å². The van der Waals surface area contributed by atoms with Gasteiger partial charge in [-0.05, 0) is 12.8 Å². The van der Waals surface area contributed by atoms with E-state index in [2.05, 4.69) is 13.8 Å². The summed E-state index contributed by atoms with van der Waals surface area (Å²) >= 11 is 0. The van der Waals surface area contributed by atoms with Crippen LogP contribution in [0.1, 0.15) is 296 Å². The standard InChI is InChI=1S/C56H114NO7P/c1-6-8-10-12-14-16-18-20-22-24-26-27-28-29-30-31-32-33-35-37-39-41-43-45-47-49-56(58)64-55(54-63-65(59,60)62-52-50-57(3,4)5)53-61-51-48-46-44-42-40-38-36-34-25-23-21-19-17-15-13-11-9-7-2/h55H,6-54H2,1-5H3/p+1. The van der Waals surface area contributed by atoms with E-state index in [4.69, 9.17) is 18.5 Å². The molecule has 0 fully saturated rings. The van der Waals surface area contributed by atoms with Crippen molar-refractivity contribution in [3.63, 3.8) is 0 Å². The molecular formula is C56H115NO7P+. The Kier molecular flexibility index (Phi) is 49.5. The third-order valence-electron chi connectivity index (χ3n) is 13.2. The molecule has 8 nitrogen and oxygen atoms in total. The Morgan fingerprint density at radius 1 is 0.415 bits per heavy atom. The average Bonchev–Trinajstić information content (AvgIpc) is 3.27. The van der Waals surface area contributed by atoms with E-state index in [1.807, 2.05) is 21.1 Å². The number of hydrogen-bond donors (Lipinski definition) is 1. The van der Waals surface area contributed by atoms with Crippen LogP contribution in [0.25, 0.3) is 0 Å². The number of ether oxygens (including phenoxy) is 2. The molecule has 9 heteroatoms. The molecule has 0 amide bonds. The van der Waals surface area contributed by atoms with E-state index < -0.39 is 13.9 Å². The molecule has 0 aromatic rings. The summed E-state index contributed by atoms with van der Waals surface area (Å²) in [4.78, 5) is 23.1. The summed E-state index contributed by atoms with van der Waals surface area (Å²) < 4.78 is 35.3. The molecule has 0 aliphatic carbocycles. The van der Waals surface area contributed by atoms with Crippen LogP contribution >= 0.6 is 7.82 Å². The van der Waals surface area contributed by atoms with Crippen LogP contribution in [0.3, 0.4) is 0 Å². The van der Waals surface area contributed by atoms with Gasteiger partial charge in [-0.15, -0.1) is 0 Å². The number of carbonyl (C=O) groups is 1. The van der Waals surface area contributed by atoms with Crippen LogP contribution in [-0.2, 0) is 27.9 Å². The molecule has 0 aliphatic rings. The number of phosphoric ester groups is 1. The lowest BCUT2D eigenvalue weighted by atomic mass is 10.0. The summed E-state index contributed by atoms with van der Waals surface area (Å²) in [5.74, 6) is -0.303. The Hall–Kier alpha value is -0.500. The number of quaternary nitrogens is 1. The number of hydrogen-bond acceptors (Lipinski definition) is 6. The van der Waals surface area contributed by atoms with Crippen LogP contribution < -0.4 is 0 Å². The highest BCUT2D eigenvalue weighted by Crippen LogP contribution is 2.43. The Morgan fingerprint density at radius 2 is 0.708 bits per heavy atom. The van der Waals surface area contributed by atoms with Gasteiger partial charge in [0.2, 0.25) is 0 Å². The lowest BCUT2D eigenvalue weighted by molar-refractivity contribution is -0.870. The van der Waals surface area contributed by atoms with Crippen molar-refractivity contribution in [1.29, 1.82) is 0 Å². The number of nitrogens with zero attached hydrogens (tertiary/aromatic N) is 1. The third-order valence-corrected chi connectivity index (χ3v) is 14.2. The average molecular weight is 946 g/mol. The Morgan fingerprint density at radius 3 is 1.02 bits per heavy atom. The van der Waals surface area contributed by atoms with Crippen LogP contribution in [0.5, 0.6) is 0 Å². The van der Waals surface area contributed by atoms with Gasteiger partial charge in [-0.2, -0.15) is 0 Å². The van der Waals surface area contributed by atoms with E-state index in [1.165, 1.54) is 244 Å². The number of phosphoric acid groups is 1. The van der Waals surface area contributed by atoms with Gasteiger partial charge in [0.1, 0.15) is 19.3 Å². The summed E-state index contributed by atoms with van der Waals surface area (Å²) in [5, 5.41) is 0. The van der Waals surface area contributed by atoms with E-state index in [9.17, 15) is 14.3 Å². The highest BCUT2D eigenvalue weighted by molar-refractivity contribution is 7.47. The molecule has 0 saturated carbocycles. The van der Waals surface area contributed by atoms with Gasteiger partial charge < -0.3 is 18.9 Å². The Bertz CT molecular complexity index is 1010. The molecule has 390 valence electrons. The summed E-state index contributed by atoms with van der Waals surface area (Å²) in [7, 11) is 1.69. The number of carbonyl (C=O) groups excluding carboxylic acids is 1. The van der Waals surface area contributed by atoms with Gasteiger partial charge >= 0.3 is 13.8 Å². The number of rotatable bonds is 55. The minimum atomic E-state index is -4.28. The molecule has 0 radical (unpaired) electrons. The van der Waals surface area contributed by atoms with Crippen molar-refractivity contribution in [2.45, 2.75) is 302 Å². The maximum Gasteiger partial charge on any atom is 0.472 e. The largest absolute Gasteiger partial charge is 0.472 e. The highest BCUT2D eigenvalue weighted by Gasteiger charge is 2.26. The van der Waals surface area contributed by atoms with Crippen molar-refractivity contribution < 1.29 is 37.3 Å². The molecule has 2 unspecified atom stereocenters. The summed E-state index contributed by atoms with van der Waals surface area (Å²) in [6, 6.07) is 0. The zero-order valence-corrected chi connectivity index (χ0v) is 45.4.